The molecule has 0 aliphatic carbocycles. The molecule has 1 aromatic heterocycles. The Balaban J connectivity index is 1.87. The van der Waals surface area contributed by atoms with E-state index in [9.17, 15) is 14.4 Å². The molecule has 3 aromatic rings. The minimum atomic E-state index is -0.665. The zero-order chi connectivity index (χ0) is 26.1. The second-order valence-corrected chi connectivity index (χ2v) is 9.54. The molecule has 192 valence electrons. The van der Waals surface area contributed by atoms with Gasteiger partial charge in [-0.2, -0.15) is 5.26 Å². The number of halogens is 1. The Hall–Kier alpha value is -3.13. The van der Waals surface area contributed by atoms with Crippen molar-refractivity contribution >= 4 is 28.7 Å². The topological polar surface area (TPSA) is 95.2 Å². The smallest absolute Gasteiger partial charge is 0.261 e. The Morgan fingerprint density at radius 3 is 2.78 bits per heavy atom. The fourth-order valence-corrected chi connectivity index (χ4v) is 4.30. The van der Waals surface area contributed by atoms with E-state index in [0.29, 0.717) is 29.1 Å². The first-order valence-corrected chi connectivity index (χ1v) is 12.9. The quantitative estimate of drug-likeness (QED) is 0.304. The van der Waals surface area contributed by atoms with Gasteiger partial charge in [0.25, 0.3) is 5.56 Å². The number of ether oxygens (including phenoxy) is 1. The summed E-state index contributed by atoms with van der Waals surface area (Å²) in [7, 11) is 3.83. The number of anilines is 1. The van der Waals surface area contributed by atoms with Gasteiger partial charge in [0.15, 0.2) is 11.6 Å². The molecule has 36 heavy (non-hydrogen) atoms. The molecule has 0 saturated heterocycles. The molecule has 0 saturated carbocycles. The van der Waals surface area contributed by atoms with E-state index in [2.05, 4.69) is 21.9 Å². The molecule has 0 fully saturated rings. The number of nitrogens with one attached hydrogen (secondary N) is 2. The van der Waals surface area contributed by atoms with Gasteiger partial charge in [-0.25, -0.2) is 13.7 Å². The van der Waals surface area contributed by atoms with E-state index in [1.807, 2.05) is 31.4 Å². The summed E-state index contributed by atoms with van der Waals surface area (Å²) in [4.78, 5) is 17.6. The van der Waals surface area contributed by atoms with Gasteiger partial charge >= 0.3 is 0 Å². The number of hydrogen-bond donors (Lipinski definition) is 2. The number of aromatic nitrogens is 2. The van der Waals surface area contributed by atoms with Crippen LogP contribution in [0.3, 0.4) is 0 Å². The first-order valence-electron chi connectivity index (χ1n) is 12.1. The van der Waals surface area contributed by atoms with Gasteiger partial charge < -0.3 is 14.8 Å². The van der Waals surface area contributed by atoms with Crippen molar-refractivity contribution in [3.05, 3.63) is 58.4 Å². The number of aryl methyl sites for hydroxylation is 1. The summed E-state index contributed by atoms with van der Waals surface area (Å²) in [5.74, 6) is -0.0910. The molecular formula is C26H33FN6O2S. The molecule has 3 rings (SSSR count). The molecule has 2 aromatic carbocycles. The van der Waals surface area contributed by atoms with Crippen molar-refractivity contribution in [1.82, 2.24) is 19.2 Å². The summed E-state index contributed by atoms with van der Waals surface area (Å²) >= 11 is 1.30. The van der Waals surface area contributed by atoms with Crippen molar-refractivity contribution < 1.29 is 9.13 Å². The van der Waals surface area contributed by atoms with Crippen LogP contribution >= 0.6 is 12.1 Å². The van der Waals surface area contributed by atoms with E-state index in [4.69, 9.17) is 4.74 Å². The highest BCUT2D eigenvalue weighted by molar-refractivity contribution is 7.98. The van der Waals surface area contributed by atoms with Gasteiger partial charge in [0, 0.05) is 25.2 Å². The molecule has 10 heteroatoms. The Morgan fingerprint density at radius 2 is 2.08 bits per heavy atom. The lowest BCUT2D eigenvalue weighted by Crippen LogP contribution is -2.22. The van der Waals surface area contributed by atoms with Crippen molar-refractivity contribution in [2.45, 2.75) is 39.7 Å². The summed E-state index contributed by atoms with van der Waals surface area (Å²) in [5.41, 5.74) is 0.834. The van der Waals surface area contributed by atoms with E-state index in [1.165, 1.54) is 24.3 Å². The van der Waals surface area contributed by atoms with Crippen LogP contribution in [0.25, 0.3) is 10.9 Å². The Bertz CT molecular complexity index is 1280. The molecule has 0 radical (unpaired) electrons. The predicted molar refractivity (Wildman–Crippen MR) is 144 cm³/mol. The van der Waals surface area contributed by atoms with Crippen LogP contribution in [0.5, 0.6) is 11.5 Å². The van der Waals surface area contributed by atoms with Crippen LogP contribution < -0.4 is 20.3 Å². The van der Waals surface area contributed by atoms with Gasteiger partial charge in [-0.3, -0.25) is 9.36 Å². The number of hydrogen-bond acceptors (Lipinski definition) is 8. The molecule has 0 aliphatic heterocycles. The van der Waals surface area contributed by atoms with Crippen molar-refractivity contribution in [3.8, 4) is 17.6 Å². The highest BCUT2D eigenvalue weighted by Crippen LogP contribution is 2.34. The standard InChI is InChI=1S/C26H33FN6O2S/c1-5-18(11-13-29-3)12-14-33-17-30-23-9-7-19(15-20(23)26(33)34)35-25-21(16-28)24(10-8-22(25)27)31-36-32(4)6-2/h7-10,15,17-18,29,31H,5-6,11-14H2,1-4H3. The van der Waals surface area contributed by atoms with Gasteiger partial charge in [-0.15, -0.1) is 0 Å². The Morgan fingerprint density at radius 1 is 1.28 bits per heavy atom. The van der Waals surface area contributed by atoms with Gasteiger partial charge in [0.05, 0.1) is 22.9 Å². The van der Waals surface area contributed by atoms with Crippen LogP contribution in [-0.2, 0) is 6.54 Å². The number of fused-ring (bicyclic) bond motifs is 1. The van der Waals surface area contributed by atoms with E-state index in [0.717, 1.165) is 32.4 Å². The van der Waals surface area contributed by atoms with Crippen molar-refractivity contribution in [1.29, 1.82) is 5.26 Å². The maximum absolute atomic E-state index is 14.7. The molecule has 1 unspecified atom stereocenters. The summed E-state index contributed by atoms with van der Waals surface area (Å²) in [5, 5.41) is 13.3. The minimum Gasteiger partial charge on any atom is -0.453 e. The molecule has 1 atom stereocenters. The lowest BCUT2D eigenvalue weighted by atomic mass is 9.98. The second-order valence-electron chi connectivity index (χ2n) is 8.53. The summed E-state index contributed by atoms with van der Waals surface area (Å²) in [6, 6.07) is 9.61. The number of nitriles is 1. The summed E-state index contributed by atoms with van der Waals surface area (Å²) in [6.07, 6.45) is 4.55. The average molecular weight is 513 g/mol. The number of nitrogens with zero attached hydrogens (tertiary/aromatic N) is 4. The van der Waals surface area contributed by atoms with E-state index < -0.39 is 5.82 Å². The zero-order valence-corrected chi connectivity index (χ0v) is 22.0. The lowest BCUT2D eigenvalue weighted by Gasteiger charge is -2.17. The average Bonchev–Trinajstić information content (AvgIpc) is 2.90. The third kappa shape index (κ3) is 6.75. The molecule has 0 amide bonds. The fourth-order valence-electron chi connectivity index (χ4n) is 3.75. The van der Waals surface area contributed by atoms with Gasteiger partial charge in [-0.1, -0.05) is 20.3 Å². The van der Waals surface area contributed by atoms with Crippen LogP contribution in [-0.4, -0.2) is 41.0 Å². The second kappa shape index (κ2) is 13.3. The number of benzene rings is 2. The molecule has 2 N–H and O–H groups in total. The third-order valence-electron chi connectivity index (χ3n) is 6.15. The molecular weight excluding hydrogens is 479 g/mol. The molecule has 1 heterocycles. The van der Waals surface area contributed by atoms with E-state index in [1.54, 1.807) is 29.1 Å². The lowest BCUT2D eigenvalue weighted by molar-refractivity contribution is 0.398. The van der Waals surface area contributed by atoms with Crippen molar-refractivity contribution in [3.63, 3.8) is 0 Å². The maximum atomic E-state index is 14.7. The summed E-state index contributed by atoms with van der Waals surface area (Å²) < 4.78 is 27.1. The van der Waals surface area contributed by atoms with Crippen LogP contribution in [0.2, 0.25) is 0 Å². The Labute approximate surface area is 215 Å². The van der Waals surface area contributed by atoms with Crippen LogP contribution in [0.4, 0.5) is 10.1 Å². The van der Waals surface area contributed by atoms with Crippen LogP contribution in [0.1, 0.15) is 38.7 Å². The normalized spacial score (nSPS) is 12.0. The summed E-state index contributed by atoms with van der Waals surface area (Å²) in [6.45, 7) is 6.44. The van der Waals surface area contributed by atoms with Crippen molar-refractivity contribution in [2.75, 3.05) is 31.9 Å². The molecule has 0 spiro atoms. The Kier molecular flexibility index (Phi) is 10.1. The third-order valence-corrected chi connectivity index (χ3v) is 7.03. The zero-order valence-electron chi connectivity index (χ0n) is 21.2. The largest absolute Gasteiger partial charge is 0.453 e. The number of rotatable bonds is 13. The highest BCUT2D eigenvalue weighted by atomic mass is 32.2. The predicted octanol–water partition coefficient (Wildman–Crippen LogP) is 5.15. The van der Waals surface area contributed by atoms with Crippen LogP contribution in [0, 0.1) is 23.1 Å². The van der Waals surface area contributed by atoms with Gasteiger partial charge in [0.1, 0.15) is 17.4 Å². The highest BCUT2D eigenvalue weighted by Gasteiger charge is 2.17. The first kappa shape index (κ1) is 27.5. The molecule has 0 aliphatic rings. The molecule has 8 nitrogen and oxygen atoms in total. The van der Waals surface area contributed by atoms with Crippen molar-refractivity contribution in [2.24, 2.45) is 5.92 Å². The monoisotopic (exact) mass is 512 g/mol. The van der Waals surface area contributed by atoms with E-state index in [-0.39, 0.29) is 22.6 Å². The van der Waals surface area contributed by atoms with Crippen LogP contribution in [0.15, 0.2) is 41.5 Å². The maximum Gasteiger partial charge on any atom is 0.261 e. The van der Waals surface area contributed by atoms with Gasteiger partial charge in [-0.05, 0) is 69.7 Å². The fraction of sp³-hybridized carbons (Fsp3) is 0.423. The minimum absolute atomic E-state index is 0.0443. The SMILES string of the molecule is CCC(CCNC)CCn1cnc2ccc(Oc3c(F)ccc(NSN(C)CC)c3C#N)cc2c1=O. The first-order chi connectivity index (χ1) is 17.4. The van der Waals surface area contributed by atoms with Gasteiger partial charge in [0.2, 0.25) is 0 Å². The molecule has 0 bridgehead atoms. The van der Waals surface area contributed by atoms with E-state index >= 15 is 0 Å².